The first-order valence-corrected chi connectivity index (χ1v) is 15.2. The van der Waals surface area contributed by atoms with Gasteiger partial charge in [0.2, 0.25) is 5.71 Å². The van der Waals surface area contributed by atoms with Crippen LogP contribution in [0.2, 0.25) is 0 Å². The Kier molecular flexibility index (Phi) is 8.88. The number of hydrogen-bond donors (Lipinski definition) is 2. The van der Waals surface area contributed by atoms with E-state index < -0.39 is 22.7 Å². The van der Waals surface area contributed by atoms with Crippen LogP contribution < -0.4 is 5.32 Å². The van der Waals surface area contributed by atoms with E-state index in [1.165, 1.54) is 4.31 Å². The molecule has 3 aromatic rings. The molecule has 3 heterocycles. The molecule has 5 rings (SSSR count). The van der Waals surface area contributed by atoms with Crippen LogP contribution in [0.25, 0.3) is 22.4 Å². The van der Waals surface area contributed by atoms with Crippen LogP contribution in [0.5, 0.6) is 0 Å². The summed E-state index contributed by atoms with van der Waals surface area (Å²) in [5, 5.41) is 13.1. The molecule has 10 nitrogen and oxygen atoms in total. The minimum atomic E-state index is -2.49. The standard InChI is InChI=1S/C30H37N3O7S/c1-19-5-7-21(8-6-19)26-25(27(34)31-2)23-17-22(20-9-10-20)24(32-28(23)40-26)18-33(41(37)38)14-4-3-11-30(29(35)36)12-15-39-16-13-30/h5-8,17,20H,3-4,9-16,18H2,1-2H3,(H,31,34)(H,35,36)(H,37,38)/p-1. The molecule has 1 aliphatic carbocycles. The summed E-state index contributed by atoms with van der Waals surface area (Å²) in [7, 11) is 1.57. The second-order valence-electron chi connectivity index (χ2n) is 11.1. The highest BCUT2D eigenvalue weighted by molar-refractivity contribution is 7.76. The second kappa shape index (κ2) is 12.4. The number of aliphatic carboxylic acids is 1. The van der Waals surface area contributed by atoms with Gasteiger partial charge >= 0.3 is 5.97 Å². The van der Waals surface area contributed by atoms with E-state index in [4.69, 9.17) is 14.1 Å². The number of rotatable bonds is 12. The third-order valence-electron chi connectivity index (χ3n) is 8.33. The lowest BCUT2D eigenvalue weighted by Gasteiger charge is -2.33. The third-order valence-corrected chi connectivity index (χ3v) is 9.07. The number of carbonyl (C=O) groups is 2. The molecule has 1 aromatic carbocycles. The summed E-state index contributed by atoms with van der Waals surface area (Å²) in [5.74, 6) is -0.406. The molecule has 1 amide bonds. The van der Waals surface area contributed by atoms with E-state index in [-0.39, 0.29) is 30.6 Å². The number of carbonyl (C=O) groups excluding carboxylic acids is 1. The van der Waals surface area contributed by atoms with Gasteiger partial charge in [-0.15, -0.1) is 0 Å². The van der Waals surface area contributed by atoms with Crippen LogP contribution in [-0.4, -0.2) is 61.8 Å². The fourth-order valence-electron chi connectivity index (χ4n) is 5.67. The molecule has 1 unspecified atom stereocenters. The maximum absolute atomic E-state index is 13.0. The van der Waals surface area contributed by atoms with Crippen LogP contribution in [0.1, 0.15) is 78.0 Å². The first kappa shape index (κ1) is 29.4. The first-order chi connectivity index (χ1) is 19.7. The van der Waals surface area contributed by atoms with Gasteiger partial charge in [-0.1, -0.05) is 36.2 Å². The van der Waals surface area contributed by atoms with Gasteiger partial charge in [0, 0.05) is 43.6 Å². The number of benzene rings is 1. The number of nitrogens with one attached hydrogen (secondary N) is 1. The number of carboxylic acids is 1. The van der Waals surface area contributed by atoms with Crippen molar-refractivity contribution in [3.63, 3.8) is 0 Å². The second-order valence-corrected chi connectivity index (χ2v) is 12.1. The molecule has 220 valence electrons. The zero-order valence-corrected chi connectivity index (χ0v) is 24.3. The van der Waals surface area contributed by atoms with E-state index in [1.54, 1.807) is 7.05 Å². The number of aryl methyl sites for hydroxylation is 1. The average Bonchev–Trinajstić information content (AvgIpc) is 3.75. The molecule has 1 saturated heterocycles. The van der Waals surface area contributed by atoms with Gasteiger partial charge in [-0.2, -0.15) is 0 Å². The Morgan fingerprint density at radius 3 is 2.51 bits per heavy atom. The summed E-state index contributed by atoms with van der Waals surface area (Å²) in [4.78, 5) is 29.7. The van der Waals surface area contributed by atoms with Crippen molar-refractivity contribution in [2.24, 2.45) is 5.41 Å². The summed E-state index contributed by atoms with van der Waals surface area (Å²) in [6, 6.07) is 9.65. The summed E-state index contributed by atoms with van der Waals surface area (Å²) >= 11 is -2.49. The van der Waals surface area contributed by atoms with Gasteiger partial charge in [0.1, 0.15) is 5.76 Å². The van der Waals surface area contributed by atoms with E-state index >= 15 is 0 Å². The number of pyridine rings is 1. The molecule has 2 aromatic heterocycles. The molecule has 0 spiro atoms. The third kappa shape index (κ3) is 6.38. The lowest BCUT2D eigenvalue weighted by Crippen LogP contribution is -2.37. The molecule has 0 radical (unpaired) electrons. The molecule has 2 aliphatic rings. The van der Waals surface area contributed by atoms with Gasteiger partial charge in [-0.05, 0) is 63.0 Å². The van der Waals surface area contributed by atoms with E-state index in [9.17, 15) is 23.5 Å². The maximum Gasteiger partial charge on any atom is 0.309 e. The van der Waals surface area contributed by atoms with Crippen LogP contribution in [0.3, 0.4) is 0 Å². The highest BCUT2D eigenvalue weighted by Crippen LogP contribution is 2.44. The van der Waals surface area contributed by atoms with Gasteiger partial charge in [0.05, 0.1) is 28.6 Å². The summed E-state index contributed by atoms with van der Waals surface area (Å²) in [6.45, 7) is 3.18. The fraction of sp³-hybridized carbons (Fsp3) is 0.500. The number of carboxylic acid groups (broad SMARTS) is 1. The van der Waals surface area contributed by atoms with Crippen molar-refractivity contribution in [3.8, 4) is 11.3 Å². The normalized spacial score (nSPS) is 17.6. The lowest BCUT2D eigenvalue weighted by atomic mass is 9.76. The molecule has 1 saturated carbocycles. The van der Waals surface area contributed by atoms with E-state index in [1.807, 2.05) is 37.3 Å². The summed E-state index contributed by atoms with van der Waals surface area (Å²) in [6.07, 6.45) is 4.50. The molecule has 1 atom stereocenters. The number of ether oxygens (including phenoxy) is 1. The fourth-order valence-corrected chi connectivity index (χ4v) is 6.17. The van der Waals surface area contributed by atoms with Gasteiger partial charge in [-0.25, -0.2) is 9.29 Å². The minimum Gasteiger partial charge on any atom is -0.760 e. The number of hydrogen-bond acceptors (Lipinski definition) is 7. The number of nitrogens with zero attached hydrogens (tertiary/aromatic N) is 2. The number of fused-ring (bicyclic) bond motifs is 1. The minimum absolute atomic E-state index is 0.0751. The van der Waals surface area contributed by atoms with Crippen molar-refractivity contribution in [1.82, 2.24) is 14.6 Å². The van der Waals surface area contributed by atoms with Crippen LogP contribution >= 0.6 is 0 Å². The number of amides is 1. The van der Waals surface area contributed by atoms with Crippen LogP contribution in [0, 0.1) is 12.3 Å². The largest absolute Gasteiger partial charge is 0.760 e. The average molecular weight is 583 g/mol. The Labute approximate surface area is 241 Å². The molecule has 11 heteroatoms. The number of furan rings is 1. The predicted octanol–water partition coefficient (Wildman–Crippen LogP) is 4.69. The highest BCUT2D eigenvalue weighted by Gasteiger charge is 2.39. The first-order valence-electron chi connectivity index (χ1n) is 14.1. The smallest absolute Gasteiger partial charge is 0.309 e. The molecule has 41 heavy (non-hydrogen) atoms. The van der Waals surface area contributed by atoms with Crippen molar-refractivity contribution in [2.45, 2.75) is 64.3 Å². The van der Waals surface area contributed by atoms with Crippen molar-refractivity contribution >= 4 is 34.2 Å². The van der Waals surface area contributed by atoms with E-state index in [2.05, 4.69) is 5.32 Å². The summed E-state index contributed by atoms with van der Waals surface area (Å²) < 4.78 is 37.3. The molecular weight excluding hydrogens is 546 g/mol. The van der Waals surface area contributed by atoms with Gasteiger partial charge in [0.15, 0.2) is 0 Å². The topological polar surface area (TPSA) is 145 Å². The van der Waals surface area contributed by atoms with Gasteiger partial charge in [-0.3, -0.25) is 13.8 Å². The maximum atomic E-state index is 13.0. The Hall–Kier alpha value is -3.12. The Morgan fingerprint density at radius 2 is 1.90 bits per heavy atom. The Bertz CT molecular complexity index is 1440. The van der Waals surface area contributed by atoms with Crippen molar-refractivity contribution in [2.75, 3.05) is 26.8 Å². The lowest BCUT2D eigenvalue weighted by molar-refractivity contribution is -0.155. The van der Waals surface area contributed by atoms with Crippen molar-refractivity contribution in [1.29, 1.82) is 0 Å². The van der Waals surface area contributed by atoms with Crippen molar-refractivity contribution in [3.05, 3.63) is 52.7 Å². The number of aromatic nitrogens is 1. The summed E-state index contributed by atoms with van der Waals surface area (Å²) in [5.41, 5.74) is 3.29. The zero-order valence-electron chi connectivity index (χ0n) is 23.4. The molecular formula is C30H36N3O7S-. The molecule has 0 bridgehead atoms. The Balaban J connectivity index is 1.40. The quantitative estimate of drug-likeness (QED) is 0.231. The van der Waals surface area contributed by atoms with E-state index in [0.717, 1.165) is 29.5 Å². The number of unbranched alkanes of at least 4 members (excludes halogenated alkanes) is 1. The Morgan fingerprint density at radius 1 is 1.20 bits per heavy atom. The van der Waals surface area contributed by atoms with Gasteiger partial charge in [0.25, 0.3) is 5.91 Å². The highest BCUT2D eigenvalue weighted by atomic mass is 32.2. The predicted molar refractivity (Wildman–Crippen MR) is 153 cm³/mol. The monoisotopic (exact) mass is 582 g/mol. The SMILES string of the molecule is CNC(=O)c1c(-c2ccc(C)cc2)oc2nc(CN(CCCCC3(C(=O)O)CCOCC3)S(=O)[O-])c(C3CC3)cc12. The van der Waals surface area contributed by atoms with Crippen LogP contribution in [-0.2, 0) is 27.3 Å². The molecule has 1 aliphatic heterocycles. The van der Waals surface area contributed by atoms with Gasteiger partial charge < -0.3 is 24.1 Å². The van der Waals surface area contributed by atoms with Crippen LogP contribution in [0.4, 0.5) is 0 Å². The zero-order chi connectivity index (χ0) is 29.1. The molecule has 2 N–H and O–H groups in total. The molecule has 2 fully saturated rings. The van der Waals surface area contributed by atoms with Crippen LogP contribution in [0.15, 0.2) is 34.7 Å². The van der Waals surface area contributed by atoms with Crippen molar-refractivity contribution < 1.29 is 32.6 Å². The van der Waals surface area contributed by atoms with E-state index in [0.29, 0.717) is 67.7 Å².